The molecule has 2 aromatic carbocycles. The van der Waals surface area contributed by atoms with E-state index >= 15 is 0 Å². The fourth-order valence-electron chi connectivity index (χ4n) is 3.62. The summed E-state index contributed by atoms with van der Waals surface area (Å²) in [6.45, 7) is 3.14. The lowest BCUT2D eigenvalue weighted by atomic mass is 10.1. The van der Waals surface area contributed by atoms with Gasteiger partial charge in [0.2, 0.25) is 10.0 Å². The van der Waals surface area contributed by atoms with Crippen LogP contribution in [0.25, 0.3) is 10.9 Å². The molecule has 0 aliphatic carbocycles. The van der Waals surface area contributed by atoms with Gasteiger partial charge in [0.15, 0.2) is 0 Å². The van der Waals surface area contributed by atoms with E-state index in [-0.39, 0.29) is 5.75 Å². The molecule has 28 heavy (non-hydrogen) atoms. The van der Waals surface area contributed by atoms with Crippen LogP contribution in [0.5, 0.6) is 0 Å². The van der Waals surface area contributed by atoms with Crippen molar-refractivity contribution in [3.63, 3.8) is 0 Å². The summed E-state index contributed by atoms with van der Waals surface area (Å²) < 4.78 is 32.3. The molecule has 0 unspecified atom stereocenters. The third kappa shape index (κ3) is 4.28. The predicted octanol–water partition coefficient (Wildman–Crippen LogP) is 2.62. The van der Waals surface area contributed by atoms with Gasteiger partial charge < -0.3 is 15.0 Å². The van der Waals surface area contributed by atoms with Gasteiger partial charge >= 0.3 is 0 Å². The van der Waals surface area contributed by atoms with Gasteiger partial charge in [-0.05, 0) is 28.8 Å². The molecule has 0 atom stereocenters. The van der Waals surface area contributed by atoms with E-state index in [1.807, 2.05) is 36.5 Å². The summed E-state index contributed by atoms with van der Waals surface area (Å²) >= 11 is 0. The Labute approximate surface area is 165 Å². The Bertz CT molecular complexity index is 1040. The predicted molar refractivity (Wildman–Crippen MR) is 110 cm³/mol. The van der Waals surface area contributed by atoms with Crippen LogP contribution < -0.4 is 5.32 Å². The normalized spacial score (nSPS) is 15.9. The van der Waals surface area contributed by atoms with Crippen LogP contribution in [-0.4, -0.2) is 44.0 Å². The highest BCUT2D eigenvalue weighted by atomic mass is 32.2. The lowest BCUT2D eigenvalue weighted by Crippen LogP contribution is -2.41. The number of nitrogens with zero attached hydrogens (tertiary/aromatic N) is 1. The fourth-order valence-corrected chi connectivity index (χ4v) is 5.18. The van der Waals surface area contributed by atoms with Crippen LogP contribution in [0.4, 0.5) is 0 Å². The average molecular weight is 400 g/mol. The number of H-pyrrole nitrogens is 1. The van der Waals surface area contributed by atoms with E-state index in [0.717, 1.165) is 23.2 Å². The summed E-state index contributed by atoms with van der Waals surface area (Å²) in [7, 11) is -3.34. The molecule has 0 bridgehead atoms. The van der Waals surface area contributed by atoms with Crippen molar-refractivity contribution in [2.24, 2.45) is 0 Å². The third-order valence-electron chi connectivity index (χ3n) is 5.14. The smallest absolute Gasteiger partial charge is 0.218 e. The molecule has 4 rings (SSSR count). The van der Waals surface area contributed by atoms with Gasteiger partial charge in [0, 0.05) is 43.3 Å². The van der Waals surface area contributed by atoms with Gasteiger partial charge in [0.05, 0.1) is 19.0 Å². The molecule has 1 fully saturated rings. The highest BCUT2D eigenvalue weighted by Crippen LogP contribution is 2.19. The number of sulfonamides is 1. The number of aromatic amines is 1. The molecular formula is C21H25N3O3S. The second-order valence-corrected chi connectivity index (χ2v) is 8.96. The van der Waals surface area contributed by atoms with Crippen LogP contribution in [-0.2, 0) is 33.6 Å². The van der Waals surface area contributed by atoms with Gasteiger partial charge in [0.1, 0.15) is 0 Å². The van der Waals surface area contributed by atoms with Crippen molar-refractivity contribution in [1.29, 1.82) is 0 Å². The molecule has 0 radical (unpaired) electrons. The topological polar surface area (TPSA) is 74.4 Å². The lowest BCUT2D eigenvalue weighted by Gasteiger charge is -2.26. The standard InChI is InChI=1S/C21H25N3O3S/c25-28(26,24-10-12-27-13-11-24)16-19-5-2-1-4-17(19)14-22-15-18-6-3-7-21-20(18)8-9-23-21/h1-9,22-23H,10-16H2. The van der Waals surface area contributed by atoms with E-state index < -0.39 is 10.0 Å². The maximum atomic E-state index is 12.8. The number of hydrogen-bond acceptors (Lipinski definition) is 4. The van der Waals surface area contributed by atoms with Crippen LogP contribution in [0.3, 0.4) is 0 Å². The van der Waals surface area contributed by atoms with Crippen LogP contribution in [0.15, 0.2) is 54.7 Å². The first-order chi connectivity index (χ1) is 13.6. The third-order valence-corrected chi connectivity index (χ3v) is 6.96. The first-order valence-corrected chi connectivity index (χ1v) is 11.1. The fraction of sp³-hybridized carbons (Fsp3) is 0.333. The minimum Gasteiger partial charge on any atom is -0.379 e. The SMILES string of the molecule is O=S(=O)(Cc1ccccc1CNCc1cccc2[nH]ccc12)N1CCOCC1. The van der Waals surface area contributed by atoms with Gasteiger partial charge in [-0.3, -0.25) is 0 Å². The van der Waals surface area contributed by atoms with Crippen molar-refractivity contribution in [3.05, 3.63) is 71.4 Å². The zero-order valence-electron chi connectivity index (χ0n) is 15.7. The highest BCUT2D eigenvalue weighted by Gasteiger charge is 2.25. The van der Waals surface area contributed by atoms with E-state index in [4.69, 9.17) is 4.74 Å². The van der Waals surface area contributed by atoms with Crippen molar-refractivity contribution >= 4 is 20.9 Å². The summed E-state index contributed by atoms with van der Waals surface area (Å²) in [4.78, 5) is 3.23. The lowest BCUT2D eigenvalue weighted by molar-refractivity contribution is 0.0729. The molecule has 2 N–H and O–H groups in total. The Morgan fingerprint density at radius 3 is 2.46 bits per heavy atom. The molecule has 148 valence electrons. The number of aromatic nitrogens is 1. The van der Waals surface area contributed by atoms with Crippen LogP contribution >= 0.6 is 0 Å². The van der Waals surface area contributed by atoms with Crippen molar-refractivity contribution in [2.45, 2.75) is 18.8 Å². The van der Waals surface area contributed by atoms with Crippen molar-refractivity contribution in [2.75, 3.05) is 26.3 Å². The Morgan fingerprint density at radius 2 is 1.64 bits per heavy atom. The van der Waals surface area contributed by atoms with Gasteiger partial charge in [0.25, 0.3) is 0 Å². The second-order valence-electron chi connectivity index (χ2n) is 7.00. The first-order valence-electron chi connectivity index (χ1n) is 9.51. The zero-order valence-corrected chi connectivity index (χ0v) is 16.5. The molecule has 0 spiro atoms. The molecule has 1 aromatic heterocycles. The molecule has 1 saturated heterocycles. The van der Waals surface area contributed by atoms with Crippen LogP contribution in [0, 0.1) is 0 Å². The van der Waals surface area contributed by atoms with E-state index in [1.165, 1.54) is 15.3 Å². The molecule has 2 heterocycles. The molecule has 0 amide bonds. The first kappa shape index (κ1) is 19.1. The van der Waals surface area contributed by atoms with Crippen LogP contribution in [0.1, 0.15) is 16.7 Å². The minimum absolute atomic E-state index is 0.0260. The Balaban J connectivity index is 1.43. The highest BCUT2D eigenvalue weighted by molar-refractivity contribution is 7.88. The minimum atomic E-state index is -3.34. The Hall–Kier alpha value is -2.19. The molecule has 1 aliphatic rings. The summed E-state index contributed by atoms with van der Waals surface area (Å²) in [6.07, 6.45) is 1.94. The number of rotatable bonds is 7. The molecule has 1 aliphatic heterocycles. The molecule has 0 saturated carbocycles. The van der Waals surface area contributed by atoms with E-state index in [2.05, 4.69) is 28.5 Å². The van der Waals surface area contributed by atoms with E-state index in [9.17, 15) is 8.42 Å². The van der Waals surface area contributed by atoms with Gasteiger partial charge in [-0.25, -0.2) is 8.42 Å². The average Bonchev–Trinajstić information content (AvgIpc) is 3.19. The van der Waals surface area contributed by atoms with E-state index in [0.29, 0.717) is 32.8 Å². The molecule has 3 aromatic rings. The summed E-state index contributed by atoms with van der Waals surface area (Å²) in [5, 5.41) is 4.67. The van der Waals surface area contributed by atoms with Crippen molar-refractivity contribution in [1.82, 2.24) is 14.6 Å². The number of morpholine rings is 1. The summed E-state index contributed by atoms with van der Waals surface area (Å²) in [5.41, 5.74) is 4.20. The molecular weight excluding hydrogens is 374 g/mol. The van der Waals surface area contributed by atoms with Crippen LogP contribution in [0.2, 0.25) is 0 Å². The monoisotopic (exact) mass is 399 g/mol. The van der Waals surface area contributed by atoms with Gasteiger partial charge in [-0.15, -0.1) is 0 Å². The Kier molecular flexibility index (Phi) is 5.77. The number of ether oxygens (including phenoxy) is 1. The molecule has 7 heteroatoms. The largest absolute Gasteiger partial charge is 0.379 e. The molecule has 6 nitrogen and oxygen atoms in total. The van der Waals surface area contributed by atoms with Gasteiger partial charge in [-0.2, -0.15) is 4.31 Å². The number of nitrogens with one attached hydrogen (secondary N) is 2. The maximum Gasteiger partial charge on any atom is 0.218 e. The Morgan fingerprint density at radius 1 is 0.929 bits per heavy atom. The van der Waals surface area contributed by atoms with Crippen molar-refractivity contribution < 1.29 is 13.2 Å². The zero-order chi connectivity index (χ0) is 19.4. The van der Waals surface area contributed by atoms with Crippen molar-refractivity contribution in [3.8, 4) is 0 Å². The van der Waals surface area contributed by atoms with Gasteiger partial charge in [-0.1, -0.05) is 36.4 Å². The van der Waals surface area contributed by atoms with E-state index in [1.54, 1.807) is 0 Å². The second kappa shape index (κ2) is 8.45. The summed E-state index contributed by atoms with van der Waals surface area (Å²) in [6, 6.07) is 16.0. The maximum absolute atomic E-state index is 12.8. The number of hydrogen-bond donors (Lipinski definition) is 2. The number of fused-ring (bicyclic) bond motifs is 1. The summed E-state index contributed by atoms with van der Waals surface area (Å²) in [5.74, 6) is 0.0260. The quantitative estimate of drug-likeness (QED) is 0.641. The number of benzene rings is 2.